The zero-order valence-corrected chi connectivity index (χ0v) is 15.0. The van der Waals surface area contributed by atoms with E-state index in [1.807, 2.05) is 36.4 Å². The van der Waals surface area contributed by atoms with Crippen LogP contribution in [0.4, 0.5) is 0 Å². The third-order valence-corrected chi connectivity index (χ3v) is 5.03. The van der Waals surface area contributed by atoms with Crippen LogP contribution in [0.2, 0.25) is 0 Å². The van der Waals surface area contributed by atoms with Crippen LogP contribution in [0.5, 0.6) is 0 Å². The fraction of sp³-hybridized carbons (Fsp3) is 0.316. The van der Waals surface area contributed by atoms with Crippen LogP contribution in [0.1, 0.15) is 35.7 Å². The van der Waals surface area contributed by atoms with Crippen LogP contribution in [0, 0.1) is 0 Å². The molecule has 0 saturated heterocycles. The predicted octanol–water partition coefficient (Wildman–Crippen LogP) is 3.89. The van der Waals surface area contributed by atoms with Crippen molar-refractivity contribution in [3.63, 3.8) is 0 Å². The van der Waals surface area contributed by atoms with Crippen molar-refractivity contribution in [2.45, 2.75) is 31.1 Å². The van der Waals surface area contributed by atoms with Crippen LogP contribution in [0.15, 0.2) is 47.4 Å². The van der Waals surface area contributed by atoms with E-state index < -0.39 is 15.8 Å². The Bertz CT molecular complexity index is 824. The number of hydrogen-bond acceptors (Lipinski definition) is 4. The van der Waals surface area contributed by atoms with Gasteiger partial charge in [0.25, 0.3) is 0 Å². The third-order valence-electron chi connectivity index (χ3n) is 3.89. The number of esters is 1. The molecule has 24 heavy (non-hydrogen) atoms. The highest BCUT2D eigenvalue weighted by Gasteiger charge is 2.21. The van der Waals surface area contributed by atoms with Gasteiger partial charge in [0.1, 0.15) is 0 Å². The molecule has 0 aliphatic heterocycles. The smallest absolute Gasteiger partial charge is 0.338 e. The molecule has 0 radical (unpaired) electrons. The number of benzene rings is 2. The molecule has 0 spiro atoms. The summed E-state index contributed by atoms with van der Waals surface area (Å²) in [7, 11) is -2.19. The van der Waals surface area contributed by atoms with Crippen molar-refractivity contribution in [1.29, 1.82) is 0 Å². The van der Waals surface area contributed by atoms with E-state index in [4.69, 9.17) is 4.74 Å². The molecule has 2 rings (SSSR count). The number of carbonyl (C=O) groups is 1. The molecule has 0 atom stereocenters. The summed E-state index contributed by atoms with van der Waals surface area (Å²) in [5.41, 5.74) is 2.57. The van der Waals surface area contributed by atoms with Gasteiger partial charge >= 0.3 is 5.97 Å². The number of hydrogen-bond donors (Lipinski definition) is 0. The van der Waals surface area contributed by atoms with Gasteiger partial charge in [0.2, 0.25) is 0 Å². The lowest BCUT2D eigenvalue weighted by Crippen LogP contribution is -2.10. The fourth-order valence-corrected chi connectivity index (χ4v) is 3.56. The third kappa shape index (κ3) is 4.03. The Morgan fingerprint density at radius 2 is 1.79 bits per heavy atom. The van der Waals surface area contributed by atoms with Gasteiger partial charge < -0.3 is 4.74 Å². The molecule has 0 bridgehead atoms. The highest BCUT2D eigenvalue weighted by atomic mass is 32.2. The highest BCUT2D eigenvalue weighted by molar-refractivity contribution is 7.90. The highest BCUT2D eigenvalue weighted by Crippen LogP contribution is 2.31. The van der Waals surface area contributed by atoms with E-state index in [9.17, 15) is 13.2 Å². The molecule has 5 heteroatoms. The first-order valence-corrected chi connectivity index (χ1v) is 9.78. The molecule has 0 unspecified atom stereocenters. The first-order valence-electron chi connectivity index (χ1n) is 7.89. The first-order chi connectivity index (χ1) is 11.4. The van der Waals surface area contributed by atoms with Gasteiger partial charge in [-0.2, -0.15) is 0 Å². The minimum Gasteiger partial charge on any atom is -0.465 e. The van der Waals surface area contributed by atoms with E-state index in [2.05, 4.69) is 6.92 Å². The van der Waals surface area contributed by atoms with Crippen LogP contribution in [0.25, 0.3) is 11.1 Å². The van der Waals surface area contributed by atoms with Crippen molar-refractivity contribution in [3.05, 3.63) is 53.6 Å². The lowest BCUT2D eigenvalue weighted by atomic mass is 9.96. The molecule has 4 nitrogen and oxygen atoms in total. The molecular weight excluding hydrogens is 324 g/mol. The Balaban J connectivity index is 2.75. The van der Waals surface area contributed by atoms with Crippen molar-refractivity contribution in [1.82, 2.24) is 0 Å². The topological polar surface area (TPSA) is 60.4 Å². The van der Waals surface area contributed by atoms with Crippen LogP contribution in [-0.4, -0.2) is 27.8 Å². The molecule has 0 N–H and O–H groups in total. The molecule has 0 heterocycles. The van der Waals surface area contributed by atoms with Crippen LogP contribution < -0.4 is 0 Å². The fourth-order valence-electron chi connectivity index (χ4n) is 2.65. The molecule has 0 fully saturated rings. The van der Waals surface area contributed by atoms with E-state index in [1.165, 1.54) is 13.2 Å². The van der Waals surface area contributed by atoms with Gasteiger partial charge in [0.15, 0.2) is 9.84 Å². The van der Waals surface area contributed by atoms with Gasteiger partial charge in [-0.15, -0.1) is 0 Å². The zero-order valence-electron chi connectivity index (χ0n) is 14.2. The first kappa shape index (κ1) is 18.2. The molecule has 0 saturated carbocycles. The van der Waals surface area contributed by atoms with E-state index in [0.29, 0.717) is 17.5 Å². The number of carbonyl (C=O) groups excluding carboxylic acids is 1. The number of ether oxygens (including phenoxy) is 1. The van der Waals surface area contributed by atoms with Gasteiger partial charge in [0.05, 0.1) is 17.6 Å². The monoisotopic (exact) mass is 346 g/mol. The van der Waals surface area contributed by atoms with E-state index in [-0.39, 0.29) is 4.90 Å². The summed E-state index contributed by atoms with van der Waals surface area (Å²) in [6, 6.07) is 12.6. The summed E-state index contributed by atoms with van der Waals surface area (Å²) in [4.78, 5) is 12.3. The van der Waals surface area contributed by atoms with Crippen LogP contribution >= 0.6 is 0 Å². The second-order valence-corrected chi connectivity index (χ2v) is 7.72. The van der Waals surface area contributed by atoms with Crippen molar-refractivity contribution in [2.24, 2.45) is 0 Å². The molecule has 0 amide bonds. The summed E-state index contributed by atoms with van der Waals surface area (Å²) < 4.78 is 29.4. The number of unbranched alkanes of at least 4 members (excludes halogenated alkanes) is 1. The molecule has 2 aromatic carbocycles. The minimum atomic E-state index is -3.49. The predicted molar refractivity (Wildman–Crippen MR) is 94.9 cm³/mol. The lowest BCUT2D eigenvalue weighted by Gasteiger charge is -2.15. The van der Waals surface area contributed by atoms with Gasteiger partial charge in [-0.25, -0.2) is 13.2 Å². The number of methoxy groups -OCH3 is 1. The molecular formula is C19H22O4S. The number of aryl methyl sites for hydroxylation is 1. The average molecular weight is 346 g/mol. The second kappa shape index (κ2) is 7.62. The Labute approximate surface area is 143 Å². The van der Waals surface area contributed by atoms with Crippen molar-refractivity contribution >= 4 is 15.8 Å². The maximum absolute atomic E-state index is 12.3. The summed E-state index contributed by atoms with van der Waals surface area (Å²) in [6.45, 7) is 2.07. The van der Waals surface area contributed by atoms with Crippen molar-refractivity contribution in [2.75, 3.05) is 13.4 Å². The van der Waals surface area contributed by atoms with E-state index in [0.717, 1.165) is 30.2 Å². The Morgan fingerprint density at radius 3 is 2.33 bits per heavy atom. The van der Waals surface area contributed by atoms with E-state index in [1.54, 1.807) is 0 Å². The molecule has 0 aliphatic carbocycles. The van der Waals surface area contributed by atoms with Gasteiger partial charge in [-0.1, -0.05) is 43.7 Å². The zero-order chi connectivity index (χ0) is 17.7. The molecule has 2 aromatic rings. The average Bonchev–Trinajstić information content (AvgIpc) is 2.58. The lowest BCUT2D eigenvalue weighted by molar-refractivity contribution is 0.0599. The summed E-state index contributed by atoms with van der Waals surface area (Å²) in [5, 5.41) is 0. The van der Waals surface area contributed by atoms with Gasteiger partial charge in [0, 0.05) is 11.8 Å². The molecule has 0 aromatic heterocycles. The maximum Gasteiger partial charge on any atom is 0.338 e. The van der Waals surface area contributed by atoms with Crippen LogP contribution in [-0.2, 0) is 21.0 Å². The normalized spacial score (nSPS) is 11.3. The molecule has 0 aliphatic rings. The van der Waals surface area contributed by atoms with Crippen molar-refractivity contribution in [3.8, 4) is 11.1 Å². The summed E-state index contributed by atoms with van der Waals surface area (Å²) >= 11 is 0. The summed E-state index contributed by atoms with van der Waals surface area (Å²) in [5.74, 6) is -0.509. The van der Waals surface area contributed by atoms with Gasteiger partial charge in [-0.3, -0.25) is 0 Å². The summed E-state index contributed by atoms with van der Waals surface area (Å²) in [6.07, 6.45) is 3.75. The van der Waals surface area contributed by atoms with Gasteiger partial charge in [-0.05, 0) is 36.1 Å². The SMILES string of the molecule is CCCCc1cc(-c2ccccc2)c(S(C)(=O)=O)cc1C(=O)OC. The molecule has 128 valence electrons. The largest absolute Gasteiger partial charge is 0.465 e. The Kier molecular flexibility index (Phi) is 5.78. The minimum absolute atomic E-state index is 0.148. The van der Waals surface area contributed by atoms with E-state index >= 15 is 0 Å². The van der Waals surface area contributed by atoms with Crippen molar-refractivity contribution < 1.29 is 17.9 Å². The standard InChI is InChI=1S/C19H22O4S/c1-4-5-9-15-12-16(14-10-7-6-8-11-14)18(24(3,21)22)13-17(15)19(20)23-2/h6-8,10-13H,4-5,9H2,1-3H3. The van der Waals surface area contributed by atoms with Crippen LogP contribution in [0.3, 0.4) is 0 Å². The number of sulfone groups is 1. The second-order valence-electron chi connectivity index (χ2n) is 5.74. The number of rotatable bonds is 6. The quantitative estimate of drug-likeness (QED) is 0.745. The maximum atomic E-state index is 12.3. The Morgan fingerprint density at radius 1 is 1.12 bits per heavy atom. The Hall–Kier alpha value is -2.14.